The smallest absolute Gasteiger partial charge is 0.416 e. The van der Waals surface area contributed by atoms with Crippen LogP contribution in [0.1, 0.15) is 11.1 Å². The Balaban J connectivity index is 1.85. The average molecular weight is 482 g/mol. The molecule has 1 fully saturated rings. The van der Waals surface area contributed by atoms with Gasteiger partial charge in [0.2, 0.25) is 5.75 Å². The molecule has 0 radical (unpaired) electrons. The van der Waals surface area contributed by atoms with Crippen LogP contribution < -0.4 is 4.74 Å². The summed E-state index contributed by atoms with van der Waals surface area (Å²) >= 11 is 6.17. The Bertz CT molecular complexity index is 1150. The van der Waals surface area contributed by atoms with Gasteiger partial charge < -0.3 is 14.4 Å². The first kappa shape index (κ1) is 24.0. The first-order chi connectivity index (χ1) is 15.6. The van der Waals surface area contributed by atoms with Crippen molar-refractivity contribution in [3.63, 3.8) is 0 Å². The van der Waals surface area contributed by atoms with Gasteiger partial charge in [0.05, 0.1) is 28.7 Å². The van der Waals surface area contributed by atoms with Crippen LogP contribution in [-0.4, -0.2) is 42.0 Å². The molecule has 1 saturated heterocycles. The molecule has 0 bridgehead atoms. The number of carbonyl (C=O) groups excluding carboxylic acids is 1. The van der Waals surface area contributed by atoms with Gasteiger partial charge in [-0.2, -0.15) is 18.4 Å². The number of hydrogen-bond donors (Lipinski definition) is 0. The molecule has 1 heterocycles. The number of amides is 1. The molecule has 0 unspecified atom stereocenters. The fourth-order valence-electron chi connectivity index (χ4n) is 2.98. The summed E-state index contributed by atoms with van der Waals surface area (Å²) in [5.41, 5.74) is -1.82. The second-order valence-electron chi connectivity index (χ2n) is 6.80. The normalized spacial score (nSPS) is 14.5. The Morgan fingerprint density at radius 2 is 1.88 bits per heavy atom. The fourth-order valence-corrected chi connectivity index (χ4v) is 3.20. The molecule has 3 rings (SSSR count). The molecule has 33 heavy (non-hydrogen) atoms. The maximum Gasteiger partial charge on any atom is 0.416 e. The summed E-state index contributed by atoms with van der Waals surface area (Å²) in [6, 6.07) is 7.83. The largest absolute Gasteiger partial charge is 0.449 e. The topological polar surface area (TPSA) is 106 Å². The highest BCUT2D eigenvalue weighted by Gasteiger charge is 2.33. The van der Waals surface area contributed by atoms with Crippen LogP contribution in [-0.2, 0) is 15.7 Å². The van der Waals surface area contributed by atoms with Gasteiger partial charge in [-0.25, -0.2) is 0 Å². The number of hydrogen-bond acceptors (Lipinski definition) is 6. The van der Waals surface area contributed by atoms with E-state index in [1.807, 2.05) is 6.07 Å². The molecule has 1 aliphatic heterocycles. The van der Waals surface area contributed by atoms with Crippen molar-refractivity contribution >= 4 is 29.3 Å². The Labute approximate surface area is 190 Å². The molecule has 8 nitrogen and oxygen atoms in total. The van der Waals surface area contributed by atoms with Crippen LogP contribution in [0.4, 0.5) is 18.9 Å². The van der Waals surface area contributed by atoms with E-state index in [0.29, 0.717) is 44.0 Å². The number of morpholine rings is 1. The summed E-state index contributed by atoms with van der Waals surface area (Å²) in [6.07, 6.45) is -3.43. The minimum Gasteiger partial charge on any atom is -0.449 e. The number of benzene rings is 2. The fraction of sp³-hybridized carbons (Fsp3) is 0.238. The van der Waals surface area contributed by atoms with Crippen LogP contribution in [0.5, 0.6) is 11.5 Å². The minimum atomic E-state index is -4.76. The van der Waals surface area contributed by atoms with Crippen LogP contribution in [0, 0.1) is 21.4 Å². The summed E-state index contributed by atoms with van der Waals surface area (Å²) in [7, 11) is 0. The Morgan fingerprint density at radius 1 is 1.21 bits per heavy atom. The molecule has 0 saturated carbocycles. The molecular weight excluding hydrogens is 467 g/mol. The molecule has 0 spiro atoms. The lowest BCUT2D eigenvalue weighted by Gasteiger charge is -2.26. The van der Waals surface area contributed by atoms with Crippen molar-refractivity contribution in [3.8, 4) is 17.6 Å². The SMILES string of the molecule is N#C/C(=C/c1ccc(Oc2ccc(C(F)(F)F)cc2[N+](=O)[O-])c(Cl)c1)C(=O)N1CCOCC1. The minimum absolute atomic E-state index is 0.0333. The van der Waals surface area contributed by atoms with Gasteiger partial charge in [-0.3, -0.25) is 14.9 Å². The number of alkyl halides is 3. The van der Waals surface area contributed by atoms with E-state index in [1.165, 1.54) is 29.2 Å². The van der Waals surface area contributed by atoms with Crippen molar-refractivity contribution < 1.29 is 32.4 Å². The molecule has 0 N–H and O–H groups in total. The van der Waals surface area contributed by atoms with E-state index in [9.17, 15) is 33.3 Å². The van der Waals surface area contributed by atoms with Crippen LogP contribution in [0.25, 0.3) is 6.08 Å². The van der Waals surface area contributed by atoms with E-state index < -0.39 is 34.0 Å². The van der Waals surface area contributed by atoms with Gasteiger partial charge in [0.1, 0.15) is 17.4 Å². The third-order valence-electron chi connectivity index (χ3n) is 4.62. The van der Waals surface area contributed by atoms with Gasteiger partial charge in [0, 0.05) is 19.2 Å². The third kappa shape index (κ3) is 5.79. The van der Waals surface area contributed by atoms with Crippen molar-refractivity contribution in [1.82, 2.24) is 4.90 Å². The first-order valence-corrected chi connectivity index (χ1v) is 9.80. The summed E-state index contributed by atoms with van der Waals surface area (Å²) in [4.78, 5) is 24.2. The second kappa shape index (κ2) is 9.89. The molecule has 2 aromatic carbocycles. The zero-order chi connectivity index (χ0) is 24.2. The maximum absolute atomic E-state index is 12.9. The van der Waals surface area contributed by atoms with Gasteiger partial charge in [-0.1, -0.05) is 17.7 Å². The number of nitriles is 1. The molecule has 1 amide bonds. The predicted octanol–water partition coefficient (Wildman–Crippen LogP) is 4.83. The molecule has 2 aromatic rings. The van der Waals surface area contributed by atoms with Crippen LogP contribution in [0.15, 0.2) is 42.0 Å². The lowest BCUT2D eigenvalue weighted by molar-refractivity contribution is -0.385. The highest BCUT2D eigenvalue weighted by atomic mass is 35.5. The van der Waals surface area contributed by atoms with Crippen molar-refractivity contribution in [1.29, 1.82) is 5.26 Å². The van der Waals surface area contributed by atoms with E-state index in [0.717, 1.165) is 6.07 Å². The van der Waals surface area contributed by atoms with E-state index in [4.69, 9.17) is 21.1 Å². The van der Waals surface area contributed by atoms with Crippen LogP contribution in [0.3, 0.4) is 0 Å². The molecule has 1 aliphatic rings. The first-order valence-electron chi connectivity index (χ1n) is 9.42. The number of halogens is 4. The van der Waals surface area contributed by atoms with Crippen LogP contribution >= 0.6 is 11.6 Å². The summed E-state index contributed by atoms with van der Waals surface area (Å²) in [5.74, 6) is -0.953. The van der Waals surface area contributed by atoms with Crippen LogP contribution in [0.2, 0.25) is 5.02 Å². The zero-order valence-electron chi connectivity index (χ0n) is 16.8. The monoisotopic (exact) mass is 481 g/mol. The highest BCUT2D eigenvalue weighted by Crippen LogP contribution is 2.39. The molecule has 172 valence electrons. The maximum atomic E-state index is 12.9. The van der Waals surface area contributed by atoms with Gasteiger partial charge in [0.25, 0.3) is 5.91 Å². The van der Waals surface area contributed by atoms with Gasteiger partial charge in [-0.15, -0.1) is 0 Å². The zero-order valence-corrected chi connectivity index (χ0v) is 17.5. The molecule has 12 heteroatoms. The van der Waals surface area contributed by atoms with E-state index in [-0.39, 0.29) is 16.3 Å². The molecule has 0 atom stereocenters. The molecular formula is C21H15ClF3N3O5. The highest BCUT2D eigenvalue weighted by molar-refractivity contribution is 6.32. The quantitative estimate of drug-likeness (QED) is 0.262. The van der Waals surface area contributed by atoms with Gasteiger partial charge >= 0.3 is 11.9 Å². The molecule has 0 aliphatic carbocycles. The lowest BCUT2D eigenvalue weighted by atomic mass is 10.1. The Kier molecular flexibility index (Phi) is 7.20. The number of carbonyl (C=O) groups is 1. The van der Waals surface area contributed by atoms with E-state index >= 15 is 0 Å². The Morgan fingerprint density at radius 3 is 2.45 bits per heavy atom. The average Bonchev–Trinajstić information content (AvgIpc) is 2.78. The Hall–Kier alpha value is -3.62. The molecule has 0 aromatic heterocycles. The van der Waals surface area contributed by atoms with Crippen molar-refractivity contribution in [2.24, 2.45) is 0 Å². The second-order valence-corrected chi connectivity index (χ2v) is 7.21. The van der Waals surface area contributed by atoms with Crippen molar-refractivity contribution in [2.75, 3.05) is 26.3 Å². The lowest BCUT2D eigenvalue weighted by Crippen LogP contribution is -2.41. The number of nitro groups is 1. The van der Waals surface area contributed by atoms with E-state index in [2.05, 4.69) is 0 Å². The number of ether oxygens (including phenoxy) is 2. The summed E-state index contributed by atoms with van der Waals surface area (Å²) < 4.78 is 49.1. The van der Waals surface area contributed by atoms with Gasteiger partial charge in [-0.05, 0) is 35.9 Å². The van der Waals surface area contributed by atoms with Crippen molar-refractivity contribution in [3.05, 3.63) is 68.2 Å². The van der Waals surface area contributed by atoms with Crippen molar-refractivity contribution in [2.45, 2.75) is 6.18 Å². The van der Waals surface area contributed by atoms with E-state index in [1.54, 1.807) is 0 Å². The number of nitrogens with zero attached hydrogens (tertiary/aromatic N) is 3. The number of rotatable bonds is 5. The summed E-state index contributed by atoms with van der Waals surface area (Å²) in [6.45, 7) is 1.46. The predicted molar refractivity (Wildman–Crippen MR) is 111 cm³/mol. The van der Waals surface area contributed by atoms with Gasteiger partial charge in [0.15, 0.2) is 0 Å². The number of nitro benzene ring substituents is 1. The standard InChI is InChI=1S/C21H15ClF3N3O5/c22-16-10-13(9-14(12-26)20(29)27-5-7-32-8-6-27)1-3-18(16)33-19-4-2-15(21(23,24)25)11-17(19)28(30)31/h1-4,9-11H,5-8H2/b14-9-. The summed E-state index contributed by atoms with van der Waals surface area (Å²) in [5, 5.41) is 20.6. The third-order valence-corrected chi connectivity index (χ3v) is 4.91.